The van der Waals surface area contributed by atoms with E-state index in [2.05, 4.69) is 12.2 Å². The van der Waals surface area contributed by atoms with Crippen LogP contribution in [0.3, 0.4) is 0 Å². The lowest BCUT2D eigenvalue weighted by atomic mass is 10.1. The van der Waals surface area contributed by atoms with Gasteiger partial charge in [0.25, 0.3) is 0 Å². The Hall–Kier alpha value is -1.15. The molecular weight excluding hydrogens is 374 g/mol. The highest BCUT2D eigenvalue weighted by Gasteiger charge is 2.36. The van der Waals surface area contributed by atoms with E-state index in [1.54, 1.807) is 12.1 Å². The number of carbonyl (C=O) groups is 1. The van der Waals surface area contributed by atoms with Gasteiger partial charge in [0.05, 0.1) is 11.6 Å². The van der Waals surface area contributed by atoms with Crippen LogP contribution >= 0.6 is 11.6 Å². The number of amides is 1. The van der Waals surface area contributed by atoms with Gasteiger partial charge in [-0.25, -0.2) is 8.42 Å². The summed E-state index contributed by atoms with van der Waals surface area (Å²) in [4.78, 5) is 14.2. The average Bonchev–Trinajstić information content (AvgIpc) is 2.64. The summed E-state index contributed by atoms with van der Waals surface area (Å²) < 4.78 is 27.9. The maximum absolute atomic E-state index is 13.2. The van der Waals surface area contributed by atoms with Crippen LogP contribution in [0.1, 0.15) is 31.7 Å². The standard InChI is InChI=1S/C18H26ClN3O3S/c1-2-4-14-6-7-16(19)17(11-14)26(24,25)21-9-3-5-15(13-21)22-10-8-20-12-18(22)23/h6-7,11,15,20H,2-5,8-10,12-13H2,1H3. The molecule has 3 rings (SSSR count). The van der Waals surface area contributed by atoms with E-state index < -0.39 is 10.0 Å². The van der Waals surface area contributed by atoms with Gasteiger partial charge in [0.1, 0.15) is 4.90 Å². The van der Waals surface area contributed by atoms with E-state index in [4.69, 9.17) is 11.6 Å². The van der Waals surface area contributed by atoms with Gasteiger partial charge in [0, 0.05) is 32.2 Å². The zero-order chi connectivity index (χ0) is 18.7. The number of carbonyl (C=O) groups excluding carboxylic acids is 1. The molecule has 26 heavy (non-hydrogen) atoms. The summed E-state index contributed by atoms with van der Waals surface area (Å²) >= 11 is 6.23. The summed E-state index contributed by atoms with van der Waals surface area (Å²) in [5.74, 6) is 0.0449. The number of piperazine rings is 1. The molecule has 1 atom stereocenters. The fraction of sp³-hybridized carbons (Fsp3) is 0.611. The second-order valence-electron chi connectivity index (χ2n) is 6.94. The van der Waals surface area contributed by atoms with Gasteiger partial charge in [0.2, 0.25) is 15.9 Å². The highest BCUT2D eigenvalue weighted by atomic mass is 35.5. The molecule has 8 heteroatoms. The Morgan fingerprint density at radius 3 is 2.85 bits per heavy atom. The van der Waals surface area contributed by atoms with Gasteiger partial charge in [-0.1, -0.05) is 31.0 Å². The predicted molar refractivity (Wildman–Crippen MR) is 102 cm³/mol. The van der Waals surface area contributed by atoms with Gasteiger partial charge in [-0.3, -0.25) is 4.79 Å². The molecule has 2 fully saturated rings. The largest absolute Gasteiger partial charge is 0.336 e. The molecule has 1 aromatic carbocycles. The van der Waals surface area contributed by atoms with E-state index in [0.717, 1.165) is 37.8 Å². The van der Waals surface area contributed by atoms with Crippen LogP contribution in [-0.2, 0) is 21.2 Å². The molecule has 2 aliphatic rings. The van der Waals surface area contributed by atoms with E-state index in [1.807, 2.05) is 11.0 Å². The van der Waals surface area contributed by atoms with E-state index in [-0.39, 0.29) is 21.9 Å². The number of piperidine rings is 1. The molecule has 1 N–H and O–H groups in total. The second-order valence-corrected chi connectivity index (χ2v) is 9.25. The van der Waals surface area contributed by atoms with Gasteiger partial charge in [-0.05, 0) is 37.0 Å². The SMILES string of the molecule is CCCc1ccc(Cl)c(S(=O)(=O)N2CCCC(N3CCNCC3=O)C2)c1. The summed E-state index contributed by atoms with van der Waals surface area (Å²) in [6.45, 7) is 4.57. The molecule has 0 saturated carbocycles. The van der Waals surface area contributed by atoms with Crippen molar-refractivity contribution in [3.8, 4) is 0 Å². The van der Waals surface area contributed by atoms with Crippen LogP contribution in [0.15, 0.2) is 23.1 Å². The number of hydrogen-bond acceptors (Lipinski definition) is 4. The number of sulfonamides is 1. The van der Waals surface area contributed by atoms with Gasteiger partial charge < -0.3 is 10.2 Å². The molecule has 0 spiro atoms. The zero-order valence-electron chi connectivity index (χ0n) is 15.1. The van der Waals surface area contributed by atoms with Crippen molar-refractivity contribution in [1.29, 1.82) is 0 Å². The Morgan fingerprint density at radius 1 is 1.31 bits per heavy atom. The lowest BCUT2D eigenvalue weighted by molar-refractivity contribution is -0.135. The molecule has 0 aromatic heterocycles. The number of rotatable bonds is 5. The highest BCUT2D eigenvalue weighted by Crippen LogP contribution is 2.29. The van der Waals surface area contributed by atoms with Gasteiger partial charge >= 0.3 is 0 Å². The van der Waals surface area contributed by atoms with Crippen molar-refractivity contribution >= 4 is 27.5 Å². The first-order valence-electron chi connectivity index (χ1n) is 9.22. The van der Waals surface area contributed by atoms with Crippen LogP contribution in [0.4, 0.5) is 0 Å². The molecule has 2 aliphatic heterocycles. The Morgan fingerprint density at radius 2 is 2.12 bits per heavy atom. The first-order chi connectivity index (χ1) is 12.4. The van der Waals surface area contributed by atoms with Crippen LogP contribution < -0.4 is 5.32 Å². The molecule has 0 radical (unpaired) electrons. The van der Waals surface area contributed by atoms with Crippen molar-refractivity contribution in [2.24, 2.45) is 0 Å². The topological polar surface area (TPSA) is 69.7 Å². The number of hydrogen-bond donors (Lipinski definition) is 1. The summed E-state index contributed by atoms with van der Waals surface area (Å²) in [7, 11) is -3.67. The molecule has 1 unspecified atom stereocenters. The predicted octanol–water partition coefficient (Wildman–Crippen LogP) is 1.88. The second kappa shape index (κ2) is 8.25. The smallest absolute Gasteiger partial charge is 0.244 e. The van der Waals surface area contributed by atoms with E-state index in [9.17, 15) is 13.2 Å². The van der Waals surface area contributed by atoms with Gasteiger partial charge in [0.15, 0.2) is 0 Å². The maximum atomic E-state index is 13.2. The van der Waals surface area contributed by atoms with Crippen LogP contribution in [0.5, 0.6) is 0 Å². The molecule has 1 amide bonds. The fourth-order valence-electron chi connectivity index (χ4n) is 3.73. The van der Waals surface area contributed by atoms with Crippen molar-refractivity contribution < 1.29 is 13.2 Å². The molecule has 6 nitrogen and oxygen atoms in total. The Balaban J connectivity index is 1.83. The van der Waals surface area contributed by atoms with Crippen molar-refractivity contribution in [2.45, 2.75) is 43.5 Å². The number of halogens is 1. The van der Waals surface area contributed by atoms with Crippen LogP contribution in [0.2, 0.25) is 5.02 Å². The monoisotopic (exact) mass is 399 g/mol. The quantitative estimate of drug-likeness (QED) is 0.820. The van der Waals surface area contributed by atoms with E-state index in [1.165, 1.54) is 4.31 Å². The summed E-state index contributed by atoms with van der Waals surface area (Å²) in [5, 5.41) is 3.31. The zero-order valence-corrected chi connectivity index (χ0v) is 16.7. The van der Waals surface area contributed by atoms with Gasteiger partial charge in [-0.15, -0.1) is 0 Å². The van der Waals surface area contributed by atoms with E-state index >= 15 is 0 Å². The first-order valence-corrected chi connectivity index (χ1v) is 11.0. The lowest BCUT2D eigenvalue weighted by Crippen LogP contribution is -2.57. The number of nitrogens with zero attached hydrogens (tertiary/aromatic N) is 2. The maximum Gasteiger partial charge on any atom is 0.244 e. The first kappa shape index (κ1) is 19.6. The number of nitrogens with one attached hydrogen (secondary N) is 1. The average molecular weight is 400 g/mol. The highest BCUT2D eigenvalue weighted by molar-refractivity contribution is 7.89. The third-order valence-corrected chi connectivity index (χ3v) is 7.42. The Bertz CT molecular complexity index is 769. The third-order valence-electron chi connectivity index (χ3n) is 5.08. The van der Waals surface area contributed by atoms with Crippen molar-refractivity contribution in [3.05, 3.63) is 28.8 Å². The lowest BCUT2D eigenvalue weighted by Gasteiger charge is -2.40. The Kier molecular flexibility index (Phi) is 6.22. The minimum Gasteiger partial charge on any atom is -0.336 e. The molecule has 2 saturated heterocycles. The molecule has 2 heterocycles. The normalized spacial score (nSPS) is 22.6. The van der Waals surface area contributed by atoms with Crippen LogP contribution in [0.25, 0.3) is 0 Å². The van der Waals surface area contributed by atoms with Crippen molar-refractivity contribution in [2.75, 3.05) is 32.7 Å². The number of benzene rings is 1. The molecule has 144 valence electrons. The van der Waals surface area contributed by atoms with Crippen molar-refractivity contribution in [3.63, 3.8) is 0 Å². The minimum absolute atomic E-state index is 0.0449. The minimum atomic E-state index is -3.67. The Labute approximate surface area is 160 Å². The third kappa shape index (κ3) is 4.06. The number of aryl methyl sites for hydroxylation is 1. The van der Waals surface area contributed by atoms with Crippen LogP contribution in [-0.4, -0.2) is 62.3 Å². The summed E-state index contributed by atoms with van der Waals surface area (Å²) in [6, 6.07) is 5.18. The molecule has 0 aliphatic carbocycles. The van der Waals surface area contributed by atoms with Crippen molar-refractivity contribution in [1.82, 2.24) is 14.5 Å². The molecule has 1 aromatic rings. The van der Waals surface area contributed by atoms with Gasteiger partial charge in [-0.2, -0.15) is 4.31 Å². The fourth-order valence-corrected chi connectivity index (χ4v) is 5.77. The molecular formula is C18H26ClN3O3S. The molecule has 0 bridgehead atoms. The summed E-state index contributed by atoms with van der Waals surface area (Å²) in [6.07, 6.45) is 3.34. The summed E-state index contributed by atoms with van der Waals surface area (Å²) in [5.41, 5.74) is 0.973. The van der Waals surface area contributed by atoms with E-state index in [0.29, 0.717) is 26.2 Å². The van der Waals surface area contributed by atoms with Crippen LogP contribution in [0, 0.1) is 0 Å².